The van der Waals surface area contributed by atoms with E-state index in [1.54, 1.807) is 0 Å². The molecule has 4 saturated carbocycles. The van der Waals surface area contributed by atoms with Crippen LogP contribution in [0.2, 0.25) is 0 Å². The first-order chi connectivity index (χ1) is 12.1. The average Bonchev–Trinajstić information content (AvgIpc) is 2.58. The largest absolute Gasteiger partial charge is 0.379 e. The van der Waals surface area contributed by atoms with Gasteiger partial charge in [0.1, 0.15) is 0 Å². The van der Waals surface area contributed by atoms with E-state index in [-0.39, 0.29) is 0 Å². The second kappa shape index (κ2) is 7.56. The lowest BCUT2D eigenvalue weighted by molar-refractivity contribution is -0.138. The molecule has 5 aliphatic rings. The Morgan fingerprint density at radius 2 is 1.64 bits per heavy atom. The summed E-state index contributed by atoms with van der Waals surface area (Å²) in [6.07, 6.45) is 11.6. The van der Waals surface area contributed by atoms with E-state index >= 15 is 0 Å². The molecule has 142 valence electrons. The number of carbonyl (C=O) groups is 1. The average molecular weight is 349 g/mol. The lowest BCUT2D eigenvalue weighted by atomic mass is 9.49. The minimum absolute atomic E-state index is 0.383. The van der Waals surface area contributed by atoms with E-state index < -0.39 is 0 Å². The van der Waals surface area contributed by atoms with Gasteiger partial charge in [-0.05, 0) is 81.1 Å². The fraction of sp³-hybridized carbons (Fsp3) is 0.952. The summed E-state index contributed by atoms with van der Waals surface area (Å²) >= 11 is 0. The van der Waals surface area contributed by atoms with Gasteiger partial charge in [0.15, 0.2) is 0 Å². The van der Waals surface area contributed by atoms with Crippen molar-refractivity contribution in [2.24, 2.45) is 23.2 Å². The first kappa shape index (κ1) is 17.8. The molecule has 1 heterocycles. The van der Waals surface area contributed by atoms with Crippen molar-refractivity contribution in [3.63, 3.8) is 0 Å². The SMILES string of the molecule is CN(CCCCN1CCOCC1)C(=O)CC12CC3CC(CC(C3)C1)C2. The zero-order valence-corrected chi connectivity index (χ0v) is 16.0. The molecule has 5 fully saturated rings. The molecule has 4 heteroatoms. The number of unbranched alkanes of at least 4 members (excludes halogenated alkanes) is 1. The van der Waals surface area contributed by atoms with E-state index in [0.717, 1.165) is 70.0 Å². The van der Waals surface area contributed by atoms with Crippen molar-refractivity contribution in [2.45, 2.75) is 57.8 Å². The van der Waals surface area contributed by atoms with Crippen LogP contribution in [0, 0.1) is 23.2 Å². The van der Waals surface area contributed by atoms with Gasteiger partial charge in [-0.2, -0.15) is 0 Å². The third-order valence-electron chi connectivity index (χ3n) is 7.44. The molecule has 4 nitrogen and oxygen atoms in total. The summed E-state index contributed by atoms with van der Waals surface area (Å²) in [5.74, 6) is 3.24. The highest BCUT2D eigenvalue weighted by Crippen LogP contribution is 2.61. The molecule has 0 radical (unpaired) electrons. The molecular formula is C21H36N2O2. The van der Waals surface area contributed by atoms with E-state index in [0.29, 0.717) is 11.3 Å². The minimum atomic E-state index is 0.383. The molecule has 0 unspecified atom stereocenters. The predicted molar refractivity (Wildman–Crippen MR) is 99.4 cm³/mol. The van der Waals surface area contributed by atoms with Gasteiger partial charge in [0.25, 0.3) is 0 Å². The van der Waals surface area contributed by atoms with Gasteiger partial charge in [0.2, 0.25) is 5.91 Å². The van der Waals surface area contributed by atoms with Crippen LogP contribution in [0.25, 0.3) is 0 Å². The van der Waals surface area contributed by atoms with E-state index in [9.17, 15) is 4.79 Å². The van der Waals surface area contributed by atoms with Crippen molar-refractivity contribution < 1.29 is 9.53 Å². The van der Waals surface area contributed by atoms with Crippen molar-refractivity contribution >= 4 is 5.91 Å². The Morgan fingerprint density at radius 3 is 2.24 bits per heavy atom. The maximum Gasteiger partial charge on any atom is 0.222 e. The molecule has 0 aromatic heterocycles. The number of hydrogen-bond donors (Lipinski definition) is 0. The lowest BCUT2D eigenvalue weighted by Gasteiger charge is -2.56. The first-order valence-corrected chi connectivity index (χ1v) is 10.7. The Morgan fingerprint density at radius 1 is 1.04 bits per heavy atom. The standard InChI is InChI=1S/C21H36N2O2/c1-22(4-2-3-5-23-6-8-25-9-7-23)20(24)16-21-13-17-10-18(14-21)12-19(11-17)15-21/h17-19H,2-16H2,1H3. The predicted octanol–water partition coefficient (Wildman–Crippen LogP) is 3.16. The number of hydrogen-bond acceptors (Lipinski definition) is 3. The summed E-state index contributed by atoms with van der Waals surface area (Å²) in [5, 5.41) is 0. The van der Waals surface area contributed by atoms with Crippen LogP contribution >= 0.6 is 0 Å². The van der Waals surface area contributed by atoms with Gasteiger partial charge >= 0.3 is 0 Å². The van der Waals surface area contributed by atoms with Gasteiger partial charge in [-0.1, -0.05) is 0 Å². The highest BCUT2D eigenvalue weighted by Gasteiger charge is 2.51. The van der Waals surface area contributed by atoms with Crippen LogP contribution in [0.4, 0.5) is 0 Å². The summed E-state index contributed by atoms with van der Waals surface area (Å²) in [6, 6.07) is 0. The van der Waals surface area contributed by atoms with Crippen molar-refractivity contribution in [3.8, 4) is 0 Å². The topological polar surface area (TPSA) is 32.8 Å². The molecule has 0 atom stereocenters. The molecule has 5 rings (SSSR count). The second-order valence-corrected chi connectivity index (χ2v) is 9.57. The molecule has 0 N–H and O–H groups in total. The van der Waals surface area contributed by atoms with Gasteiger partial charge in [-0.3, -0.25) is 9.69 Å². The number of morpholine rings is 1. The summed E-state index contributed by atoms with van der Waals surface area (Å²) in [7, 11) is 2.03. The van der Waals surface area contributed by atoms with E-state index in [4.69, 9.17) is 4.74 Å². The third-order valence-corrected chi connectivity index (χ3v) is 7.44. The second-order valence-electron chi connectivity index (χ2n) is 9.57. The molecule has 4 aliphatic carbocycles. The van der Waals surface area contributed by atoms with E-state index in [2.05, 4.69) is 4.90 Å². The zero-order valence-electron chi connectivity index (χ0n) is 16.0. The molecule has 1 aliphatic heterocycles. The van der Waals surface area contributed by atoms with Gasteiger partial charge in [0.05, 0.1) is 13.2 Å². The number of nitrogens with zero attached hydrogens (tertiary/aromatic N) is 2. The Hall–Kier alpha value is -0.610. The van der Waals surface area contributed by atoms with Crippen LogP contribution in [0.3, 0.4) is 0 Å². The normalized spacial score (nSPS) is 37.4. The van der Waals surface area contributed by atoms with Gasteiger partial charge in [-0.25, -0.2) is 0 Å². The first-order valence-electron chi connectivity index (χ1n) is 10.7. The van der Waals surface area contributed by atoms with Gasteiger partial charge in [0, 0.05) is 33.1 Å². The fourth-order valence-corrected chi connectivity index (χ4v) is 6.60. The quantitative estimate of drug-likeness (QED) is 0.663. The van der Waals surface area contributed by atoms with Crippen molar-refractivity contribution in [2.75, 3.05) is 46.4 Å². The maximum absolute atomic E-state index is 12.8. The zero-order chi connectivity index (χ0) is 17.3. The summed E-state index contributed by atoms with van der Waals surface area (Å²) in [4.78, 5) is 17.3. The number of ether oxygens (including phenoxy) is 1. The maximum atomic E-state index is 12.8. The Labute approximate surface area is 153 Å². The monoisotopic (exact) mass is 348 g/mol. The number of rotatable bonds is 7. The summed E-state index contributed by atoms with van der Waals surface area (Å²) < 4.78 is 5.40. The third kappa shape index (κ3) is 4.21. The minimum Gasteiger partial charge on any atom is -0.379 e. The summed E-state index contributed by atoms with van der Waals surface area (Å²) in [6.45, 7) is 5.98. The molecule has 0 spiro atoms. The van der Waals surface area contributed by atoms with Crippen molar-refractivity contribution in [3.05, 3.63) is 0 Å². The van der Waals surface area contributed by atoms with Crippen LogP contribution in [0.1, 0.15) is 57.8 Å². The summed E-state index contributed by atoms with van der Waals surface area (Å²) in [5.41, 5.74) is 0.383. The highest BCUT2D eigenvalue weighted by molar-refractivity contribution is 5.76. The molecule has 25 heavy (non-hydrogen) atoms. The van der Waals surface area contributed by atoms with Crippen molar-refractivity contribution in [1.29, 1.82) is 0 Å². The molecule has 1 saturated heterocycles. The van der Waals surface area contributed by atoms with Crippen LogP contribution in [0.15, 0.2) is 0 Å². The Kier molecular flexibility index (Phi) is 5.38. The Bertz CT molecular complexity index is 437. The van der Waals surface area contributed by atoms with Crippen LogP contribution in [-0.2, 0) is 9.53 Å². The lowest BCUT2D eigenvalue weighted by Crippen LogP contribution is -2.48. The van der Waals surface area contributed by atoms with Crippen LogP contribution < -0.4 is 0 Å². The molecule has 1 amide bonds. The van der Waals surface area contributed by atoms with E-state index in [1.165, 1.54) is 44.9 Å². The fourth-order valence-electron chi connectivity index (χ4n) is 6.60. The van der Waals surface area contributed by atoms with Gasteiger partial charge < -0.3 is 9.64 Å². The highest BCUT2D eigenvalue weighted by atomic mass is 16.5. The van der Waals surface area contributed by atoms with Gasteiger partial charge in [-0.15, -0.1) is 0 Å². The molecular weight excluding hydrogens is 312 g/mol. The molecule has 4 bridgehead atoms. The van der Waals surface area contributed by atoms with Crippen LogP contribution in [0.5, 0.6) is 0 Å². The van der Waals surface area contributed by atoms with Crippen molar-refractivity contribution in [1.82, 2.24) is 9.80 Å². The number of amides is 1. The molecule has 0 aromatic rings. The smallest absolute Gasteiger partial charge is 0.222 e. The number of carbonyl (C=O) groups excluding carboxylic acids is 1. The molecule has 0 aromatic carbocycles. The Balaban J connectivity index is 1.19. The van der Waals surface area contributed by atoms with E-state index in [1.807, 2.05) is 11.9 Å². The van der Waals surface area contributed by atoms with Crippen LogP contribution in [-0.4, -0.2) is 62.1 Å².